The van der Waals surface area contributed by atoms with E-state index in [1.807, 2.05) is 6.07 Å². The molecule has 2 aliphatic heterocycles. The minimum atomic E-state index is 0.471. The van der Waals surface area contributed by atoms with Crippen molar-refractivity contribution in [1.82, 2.24) is 14.8 Å². The lowest BCUT2D eigenvalue weighted by Gasteiger charge is -2.27. The standard InChI is InChI=1S/C23H26ClN3O/c1-26-11-16-12-27(14-21-22(24)18-5-3-4-6-20(18)25-21)13-19(16)23(26)15-7-9-17(28-2)10-8-15/h3-10,16,19,23,25H,11-14H2,1-2H3/t16-,19+,23-/m0/s1. The Morgan fingerprint density at radius 1 is 1.07 bits per heavy atom. The van der Waals surface area contributed by atoms with Crippen molar-refractivity contribution in [2.75, 3.05) is 33.8 Å². The first kappa shape index (κ1) is 18.0. The highest BCUT2D eigenvalue weighted by atomic mass is 35.5. The summed E-state index contributed by atoms with van der Waals surface area (Å²) < 4.78 is 5.33. The normalized spacial score (nSPS) is 25.5. The number of halogens is 1. The summed E-state index contributed by atoms with van der Waals surface area (Å²) in [6.07, 6.45) is 0. The molecule has 4 nitrogen and oxygen atoms in total. The van der Waals surface area contributed by atoms with E-state index in [1.165, 1.54) is 5.56 Å². The fourth-order valence-electron chi connectivity index (χ4n) is 5.28. The summed E-state index contributed by atoms with van der Waals surface area (Å²) in [5.41, 5.74) is 3.65. The van der Waals surface area contributed by atoms with Crippen LogP contribution >= 0.6 is 11.6 Å². The molecule has 2 aromatic carbocycles. The van der Waals surface area contributed by atoms with Crippen LogP contribution in [0.4, 0.5) is 0 Å². The third-order valence-corrected chi connectivity index (χ3v) is 6.95. The SMILES string of the molecule is COc1ccc([C@H]2[C@@H]3CN(Cc4[nH]c5ccccc5c4Cl)C[C@@H]3CN2C)cc1. The number of benzene rings is 2. The highest BCUT2D eigenvalue weighted by molar-refractivity contribution is 6.36. The predicted molar refractivity (Wildman–Crippen MR) is 114 cm³/mol. The summed E-state index contributed by atoms with van der Waals surface area (Å²) in [5.74, 6) is 2.28. The fraction of sp³-hybridized carbons (Fsp3) is 0.391. The highest BCUT2D eigenvalue weighted by Gasteiger charge is 2.46. The topological polar surface area (TPSA) is 31.5 Å². The van der Waals surface area contributed by atoms with Crippen LogP contribution in [0.3, 0.4) is 0 Å². The summed E-state index contributed by atoms with van der Waals surface area (Å²) in [5, 5.41) is 1.99. The molecule has 3 atom stereocenters. The number of hydrogen-bond donors (Lipinski definition) is 1. The molecule has 3 heterocycles. The van der Waals surface area contributed by atoms with Crippen molar-refractivity contribution < 1.29 is 4.74 Å². The molecule has 2 fully saturated rings. The maximum absolute atomic E-state index is 6.65. The lowest BCUT2D eigenvalue weighted by Crippen LogP contribution is -2.29. The summed E-state index contributed by atoms with van der Waals surface area (Å²) in [7, 11) is 3.98. The van der Waals surface area contributed by atoms with Crippen molar-refractivity contribution in [3.63, 3.8) is 0 Å². The van der Waals surface area contributed by atoms with E-state index in [4.69, 9.17) is 16.3 Å². The predicted octanol–water partition coefficient (Wildman–Crippen LogP) is 4.56. The number of likely N-dealkylation sites (tertiary alicyclic amines) is 2. The molecule has 0 bridgehead atoms. The van der Waals surface area contributed by atoms with Gasteiger partial charge in [-0.3, -0.25) is 9.80 Å². The molecule has 1 aromatic heterocycles. The van der Waals surface area contributed by atoms with Gasteiger partial charge in [0.15, 0.2) is 0 Å². The number of rotatable bonds is 4. The van der Waals surface area contributed by atoms with Gasteiger partial charge in [0.1, 0.15) is 5.75 Å². The number of hydrogen-bond acceptors (Lipinski definition) is 3. The number of aromatic nitrogens is 1. The number of aromatic amines is 1. The van der Waals surface area contributed by atoms with Crippen molar-refractivity contribution in [3.8, 4) is 5.75 Å². The van der Waals surface area contributed by atoms with Crippen molar-refractivity contribution in [1.29, 1.82) is 0 Å². The fourth-order valence-corrected chi connectivity index (χ4v) is 5.55. The van der Waals surface area contributed by atoms with Gasteiger partial charge in [0.25, 0.3) is 0 Å². The van der Waals surface area contributed by atoms with Crippen molar-refractivity contribution in [3.05, 3.63) is 64.8 Å². The van der Waals surface area contributed by atoms with Crippen LogP contribution in [-0.4, -0.2) is 48.6 Å². The highest BCUT2D eigenvalue weighted by Crippen LogP contribution is 2.44. The summed E-state index contributed by atoms with van der Waals surface area (Å²) in [4.78, 5) is 8.61. The number of fused-ring (bicyclic) bond motifs is 2. The Morgan fingerprint density at radius 2 is 1.86 bits per heavy atom. The molecule has 1 N–H and O–H groups in total. The lowest BCUT2D eigenvalue weighted by atomic mass is 9.89. The molecular weight excluding hydrogens is 370 g/mol. The van der Waals surface area contributed by atoms with Crippen LogP contribution in [0.5, 0.6) is 5.75 Å². The van der Waals surface area contributed by atoms with Gasteiger partial charge >= 0.3 is 0 Å². The average Bonchev–Trinajstić information content (AvgIpc) is 3.33. The second-order valence-corrected chi connectivity index (χ2v) is 8.62. The Morgan fingerprint density at radius 3 is 2.61 bits per heavy atom. The molecule has 3 aromatic rings. The van der Waals surface area contributed by atoms with E-state index in [1.54, 1.807) is 7.11 Å². The molecule has 28 heavy (non-hydrogen) atoms. The van der Waals surface area contributed by atoms with E-state index in [0.717, 1.165) is 53.5 Å². The number of nitrogens with zero attached hydrogens (tertiary/aromatic N) is 2. The lowest BCUT2D eigenvalue weighted by molar-refractivity contribution is 0.223. The van der Waals surface area contributed by atoms with Crippen LogP contribution in [0.1, 0.15) is 17.3 Å². The van der Waals surface area contributed by atoms with Gasteiger partial charge in [-0.2, -0.15) is 0 Å². The minimum absolute atomic E-state index is 0.471. The van der Waals surface area contributed by atoms with Crippen molar-refractivity contribution >= 4 is 22.5 Å². The van der Waals surface area contributed by atoms with Crippen LogP contribution in [-0.2, 0) is 6.54 Å². The number of ether oxygens (including phenoxy) is 1. The maximum Gasteiger partial charge on any atom is 0.118 e. The van der Waals surface area contributed by atoms with E-state index in [2.05, 4.69) is 64.3 Å². The Bertz CT molecular complexity index is 983. The summed E-state index contributed by atoms with van der Waals surface area (Å²) in [6, 6.07) is 17.3. The molecule has 0 spiro atoms. The quantitative estimate of drug-likeness (QED) is 0.702. The van der Waals surface area contributed by atoms with Crippen LogP contribution in [0, 0.1) is 11.8 Å². The molecule has 0 unspecified atom stereocenters. The molecule has 5 heteroatoms. The van der Waals surface area contributed by atoms with Crippen LogP contribution in [0.15, 0.2) is 48.5 Å². The molecule has 0 aliphatic carbocycles. The Kier molecular flexibility index (Phi) is 4.58. The first-order valence-corrected chi connectivity index (χ1v) is 10.3. The maximum atomic E-state index is 6.65. The molecule has 0 saturated carbocycles. The molecule has 0 radical (unpaired) electrons. The molecular formula is C23H26ClN3O. The van der Waals surface area contributed by atoms with Gasteiger partial charge in [-0.25, -0.2) is 0 Å². The van der Waals surface area contributed by atoms with Crippen LogP contribution in [0.25, 0.3) is 10.9 Å². The van der Waals surface area contributed by atoms with Gasteiger partial charge in [-0.05, 0) is 42.6 Å². The van der Waals surface area contributed by atoms with Crippen LogP contribution < -0.4 is 4.74 Å². The summed E-state index contributed by atoms with van der Waals surface area (Å²) >= 11 is 6.65. The Hall–Kier alpha value is -2.01. The smallest absolute Gasteiger partial charge is 0.118 e. The zero-order chi connectivity index (χ0) is 19.3. The van der Waals surface area contributed by atoms with E-state index in [0.29, 0.717) is 17.9 Å². The van der Waals surface area contributed by atoms with Gasteiger partial charge in [0, 0.05) is 48.8 Å². The van der Waals surface area contributed by atoms with Gasteiger partial charge in [-0.15, -0.1) is 0 Å². The number of methoxy groups -OCH3 is 1. The minimum Gasteiger partial charge on any atom is -0.497 e. The van der Waals surface area contributed by atoms with Gasteiger partial charge in [0.05, 0.1) is 12.1 Å². The average molecular weight is 396 g/mol. The third-order valence-electron chi connectivity index (χ3n) is 6.52. The van der Waals surface area contributed by atoms with Gasteiger partial charge < -0.3 is 9.72 Å². The van der Waals surface area contributed by atoms with Gasteiger partial charge in [-0.1, -0.05) is 41.9 Å². The Balaban J connectivity index is 1.34. The number of nitrogens with one attached hydrogen (secondary N) is 1. The monoisotopic (exact) mass is 395 g/mol. The van der Waals surface area contributed by atoms with E-state index >= 15 is 0 Å². The van der Waals surface area contributed by atoms with E-state index in [9.17, 15) is 0 Å². The van der Waals surface area contributed by atoms with Gasteiger partial charge in [0.2, 0.25) is 0 Å². The zero-order valence-corrected chi connectivity index (χ0v) is 17.1. The van der Waals surface area contributed by atoms with E-state index in [-0.39, 0.29) is 0 Å². The first-order chi connectivity index (χ1) is 13.6. The zero-order valence-electron chi connectivity index (χ0n) is 16.4. The van der Waals surface area contributed by atoms with E-state index < -0.39 is 0 Å². The molecule has 0 amide bonds. The second-order valence-electron chi connectivity index (χ2n) is 8.24. The number of H-pyrrole nitrogens is 1. The third kappa shape index (κ3) is 3.00. The molecule has 146 valence electrons. The first-order valence-electron chi connectivity index (χ1n) is 9.95. The number of para-hydroxylation sites is 1. The Labute approximate surface area is 171 Å². The summed E-state index contributed by atoms with van der Waals surface area (Å²) in [6.45, 7) is 4.28. The van der Waals surface area contributed by atoms with Crippen LogP contribution in [0.2, 0.25) is 5.02 Å². The van der Waals surface area contributed by atoms with Crippen molar-refractivity contribution in [2.45, 2.75) is 12.6 Å². The molecule has 5 rings (SSSR count). The molecule has 2 aliphatic rings. The second kappa shape index (κ2) is 7.11. The largest absolute Gasteiger partial charge is 0.497 e. The van der Waals surface area contributed by atoms with Crippen molar-refractivity contribution in [2.24, 2.45) is 11.8 Å². The molecule has 2 saturated heterocycles.